The maximum absolute atomic E-state index is 11.6. The highest BCUT2D eigenvalue weighted by molar-refractivity contribution is 6.00. The number of carbonyl (C=O) groups excluding carboxylic acids is 1. The van der Waals surface area contributed by atoms with E-state index in [2.05, 4.69) is 9.58 Å². The zero-order chi connectivity index (χ0) is 14.0. The molecule has 0 atom stereocenters. The van der Waals surface area contributed by atoms with E-state index >= 15 is 0 Å². The molecule has 0 aromatic heterocycles. The van der Waals surface area contributed by atoms with Gasteiger partial charge in [-0.2, -0.15) is 0 Å². The van der Waals surface area contributed by atoms with Gasteiger partial charge in [-0.25, -0.2) is 4.85 Å². The van der Waals surface area contributed by atoms with Crippen molar-refractivity contribution in [3.8, 4) is 5.75 Å². The van der Waals surface area contributed by atoms with Gasteiger partial charge in [0.15, 0.2) is 0 Å². The van der Waals surface area contributed by atoms with Crippen LogP contribution in [0.25, 0.3) is 10.4 Å². The quantitative estimate of drug-likeness (QED) is 0.464. The molecule has 19 heavy (non-hydrogen) atoms. The summed E-state index contributed by atoms with van der Waals surface area (Å²) in [6.07, 6.45) is 1.51. The van der Waals surface area contributed by atoms with Crippen LogP contribution in [0.2, 0.25) is 0 Å². The first-order valence-electron chi connectivity index (χ1n) is 5.99. The zero-order valence-corrected chi connectivity index (χ0v) is 11.2. The van der Waals surface area contributed by atoms with E-state index in [1.807, 2.05) is 19.1 Å². The third kappa shape index (κ3) is 2.19. The summed E-state index contributed by atoms with van der Waals surface area (Å²) in [4.78, 5) is 15.0. The van der Waals surface area contributed by atoms with Crippen LogP contribution in [0.3, 0.4) is 0 Å². The Bertz CT molecular complexity index is 609. The van der Waals surface area contributed by atoms with E-state index < -0.39 is 5.97 Å². The van der Waals surface area contributed by atoms with Gasteiger partial charge < -0.3 is 9.47 Å². The Kier molecular flexibility index (Phi) is 3.57. The van der Waals surface area contributed by atoms with Gasteiger partial charge in [0.05, 0.1) is 20.8 Å². The third-order valence-electron chi connectivity index (χ3n) is 3.37. The number of hydrogen-bond acceptors (Lipinski definition) is 3. The molecule has 0 unspecified atom stereocenters. The Hall–Kier alpha value is -2.28. The Morgan fingerprint density at radius 3 is 2.63 bits per heavy atom. The molecule has 0 N–H and O–H groups in total. The Labute approximate surface area is 112 Å². The van der Waals surface area contributed by atoms with Crippen molar-refractivity contribution in [2.75, 3.05) is 14.2 Å². The van der Waals surface area contributed by atoms with Crippen molar-refractivity contribution in [2.45, 2.75) is 19.8 Å². The summed E-state index contributed by atoms with van der Waals surface area (Å²) in [5.41, 5.74) is 3.94. The summed E-state index contributed by atoms with van der Waals surface area (Å²) in [7, 11) is 2.93. The number of hydrogen-bond donors (Lipinski definition) is 0. The number of rotatable bonds is 2. The minimum Gasteiger partial charge on any atom is -0.496 e. The number of methoxy groups -OCH3 is 2. The first kappa shape index (κ1) is 13.2. The summed E-state index contributed by atoms with van der Waals surface area (Å²) < 4.78 is 9.96. The van der Waals surface area contributed by atoms with Gasteiger partial charge in [-0.05, 0) is 54.2 Å². The standard InChI is InChI=1S/C15H15NO3/c1-9-7-12-10(8-13(9)18-3)5-6-11(12)14(16-2)15(17)19-4/h7-8H,5-6H2,1,3-4H3/b14-11-. The largest absolute Gasteiger partial charge is 0.496 e. The first-order valence-corrected chi connectivity index (χ1v) is 5.99. The fraction of sp³-hybridized carbons (Fsp3) is 0.333. The molecule has 98 valence electrons. The lowest BCUT2D eigenvalue weighted by Gasteiger charge is -2.09. The van der Waals surface area contributed by atoms with E-state index in [1.165, 1.54) is 7.11 Å². The van der Waals surface area contributed by atoms with Crippen LogP contribution < -0.4 is 4.74 Å². The van der Waals surface area contributed by atoms with Gasteiger partial charge >= 0.3 is 5.97 Å². The van der Waals surface area contributed by atoms with Crippen LogP contribution in [0.1, 0.15) is 23.1 Å². The predicted molar refractivity (Wildman–Crippen MR) is 71.6 cm³/mol. The molecule has 0 aliphatic heterocycles. The molecule has 0 saturated carbocycles. The van der Waals surface area contributed by atoms with Crippen molar-refractivity contribution in [2.24, 2.45) is 0 Å². The molecule has 0 heterocycles. The van der Waals surface area contributed by atoms with Crippen molar-refractivity contribution >= 4 is 11.5 Å². The molecule has 1 aliphatic rings. The van der Waals surface area contributed by atoms with E-state index in [1.54, 1.807) is 7.11 Å². The molecule has 1 aromatic rings. The van der Waals surface area contributed by atoms with Gasteiger partial charge in [0.1, 0.15) is 5.75 Å². The van der Waals surface area contributed by atoms with Gasteiger partial charge in [0.25, 0.3) is 5.70 Å². The molecule has 2 rings (SSSR count). The van der Waals surface area contributed by atoms with E-state index in [0.717, 1.165) is 34.4 Å². The van der Waals surface area contributed by atoms with Gasteiger partial charge in [-0.15, -0.1) is 0 Å². The summed E-state index contributed by atoms with van der Waals surface area (Å²) >= 11 is 0. The number of carbonyl (C=O) groups is 1. The monoisotopic (exact) mass is 257 g/mol. The fourth-order valence-electron chi connectivity index (χ4n) is 2.41. The normalized spacial score (nSPS) is 15.5. The van der Waals surface area contributed by atoms with Gasteiger partial charge in [-0.3, -0.25) is 4.79 Å². The van der Waals surface area contributed by atoms with E-state index in [-0.39, 0.29) is 5.70 Å². The molecular formula is C15H15NO3. The summed E-state index contributed by atoms with van der Waals surface area (Å²) in [6, 6.07) is 3.96. The first-order chi connectivity index (χ1) is 9.12. The predicted octanol–water partition coefficient (Wildman–Crippen LogP) is 2.75. The average molecular weight is 257 g/mol. The summed E-state index contributed by atoms with van der Waals surface area (Å²) in [5, 5.41) is 0. The molecule has 0 radical (unpaired) electrons. The Morgan fingerprint density at radius 2 is 2.05 bits per heavy atom. The van der Waals surface area contributed by atoms with Gasteiger partial charge in [0.2, 0.25) is 0 Å². The number of aryl methyl sites for hydroxylation is 2. The van der Waals surface area contributed by atoms with Crippen LogP contribution in [-0.2, 0) is 16.0 Å². The second-order valence-corrected chi connectivity index (χ2v) is 4.41. The lowest BCUT2D eigenvalue weighted by molar-refractivity contribution is -0.135. The van der Waals surface area contributed by atoms with Crippen molar-refractivity contribution < 1.29 is 14.3 Å². The average Bonchev–Trinajstić information content (AvgIpc) is 2.81. The van der Waals surface area contributed by atoms with E-state index in [4.69, 9.17) is 11.3 Å². The van der Waals surface area contributed by atoms with Gasteiger partial charge in [0, 0.05) is 0 Å². The number of fused-ring (bicyclic) bond motifs is 1. The summed E-state index contributed by atoms with van der Waals surface area (Å²) in [6.45, 7) is 9.12. The second kappa shape index (κ2) is 5.15. The third-order valence-corrected chi connectivity index (χ3v) is 3.37. The van der Waals surface area contributed by atoms with E-state index in [0.29, 0.717) is 6.42 Å². The SMILES string of the molecule is [C-]#[N+]/C(C(=O)OC)=C1/CCc2cc(OC)c(C)cc21. The number of nitrogens with zero attached hydrogens (tertiary/aromatic N) is 1. The van der Waals surface area contributed by atoms with Crippen molar-refractivity contribution in [1.82, 2.24) is 0 Å². The number of benzene rings is 1. The van der Waals surface area contributed by atoms with Crippen LogP contribution in [0.5, 0.6) is 5.75 Å². The highest BCUT2D eigenvalue weighted by Crippen LogP contribution is 2.38. The molecule has 4 heteroatoms. The van der Waals surface area contributed by atoms with Crippen LogP contribution in [0.4, 0.5) is 0 Å². The van der Waals surface area contributed by atoms with Crippen LogP contribution >= 0.6 is 0 Å². The number of allylic oxidation sites excluding steroid dienone is 1. The number of ether oxygens (including phenoxy) is 2. The van der Waals surface area contributed by atoms with E-state index in [9.17, 15) is 4.79 Å². The molecule has 1 aromatic carbocycles. The zero-order valence-electron chi connectivity index (χ0n) is 11.2. The number of esters is 1. The fourth-order valence-corrected chi connectivity index (χ4v) is 2.41. The van der Waals surface area contributed by atoms with Gasteiger partial charge in [-0.1, -0.05) is 0 Å². The smallest absolute Gasteiger partial charge is 0.336 e. The van der Waals surface area contributed by atoms with Crippen LogP contribution in [0.15, 0.2) is 17.8 Å². The van der Waals surface area contributed by atoms with Crippen molar-refractivity contribution in [3.05, 3.63) is 45.9 Å². The van der Waals surface area contributed by atoms with Crippen LogP contribution in [-0.4, -0.2) is 20.2 Å². The molecule has 0 bridgehead atoms. The molecular weight excluding hydrogens is 242 g/mol. The Morgan fingerprint density at radius 1 is 1.32 bits per heavy atom. The lowest BCUT2D eigenvalue weighted by Crippen LogP contribution is -2.04. The van der Waals surface area contributed by atoms with Crippen molar-refractivity contribution in [1.29, 1.82) is 0 Å². The second-order valence-electron chi connectivity index (χ2n) is 4.41. The molecule has 1 aliphatic carbocycles. The minimum absolute atomic E-state index is 0.0887. The Balaban J connectivity index is 2.59. The lowest BCUT2D eigenvalue weighted by atomic mass is 10.0. The highest BCUT2D eigenvalue weighted by Gasteiger charge is 2.25. The maximum Gasteiger partial charge on any atom is 0.336 e. The molecule has 0 amide bonds. The summed E-state index contributed by atoms with van der Waals surface area (Å²) in [5.74, 6) is 0.272. The molecule has 4 nitrogen and oxygen atoms in total. The molecule has 0 fully saturated rings. The topological polar surface area (TPSA) is 39.9 Å². The maximum atomic E-state index is 11.6. The molecule has 0 saturated heterocycles. The molecule has 0 spiro atoms. The van der Waals surface area contributed by atoms with Crippen LogP contribution in [0, 0.1) is 13.5 Å². The highest BCUT2D eigenvalue weighted by atomic mass is 16.5. The minimum atomic E-state index is -0.564. The van der Waals surface area contributed by atoms with Crippen molar-refractivity contribution in [3.63, 3.8) is 0 Å².